The molecule has 1 heterocycles. The minimum atomic E-state index is -0.228. The predicted octanol–water partition coefficient (Wildman–Crippen LogP) is 1.36. The lowest BCUT2D eigenvalue weighted by atomic mass is 10.1. The second-order valence-corrected chi connectivity index (χ2v) is 5.20. The van der Waals surface area contributed by atoms with Crippen LogP contribution in [0.25, 0.3) is 0 Å². The first kappa shape index (κ1) is 13.2. The number of nitrogens with one attached hydrogen (secondary N) is 1. The van der Waals surface area contributed by atoms with E-state index in [0.29, 0.717) is 13.2 Å². The van der Waals surface area contributed by atoms with Crippen molar-refractivity contribution in [3.8, 4) is 11.5 Å². The molecular formula is C14H21NO3. The maximum absolute atomic E-state index is 9.15. The fourth-order valence-corrected chi connectivity index (χ4v) is 1.84. The highest BCUT2D eigenvalue weighted by Crippen LogP contribution is 2.30. The van der Waals surface area contributed by atoms with Gasteiger partial charge in [-0.15, -0.1) is 0 Å². The van der Waals surface area contributed by atoms with E-state index in [2.05, 4.69) is 11.4 Å². The first-order chi connectivity index (χ1) is 8.61. The zero-order valence-corrected chi connectivity index (χ0v) is 11.0. The predicted molar refractivity (Wildman–Crippen MR) is 70.3 cm³/mol. The normalized spacial score (nSPS) is 14.6. The molecule has 100 valence electrons. The van der Waals surface area contributed by atoms with Gasteiger partial charge >= 0.3 is 0 Å². The van der Waals surface area contributed by atoms with E-state index in [1.165, 1.54) is 5.56 Å². The molecule has 18 heavy (non-hydrogen) atoms. The van der Waals surface area contributed by atoms with E-state index in [9.17, 15) is 0 Å². The Hall–Kier alpha value is -1.26. The van der Waals surface area contributed by atoms with E-state index in [0.717, 1.165) is 24.5 Å². The van der Waals surface area contributed by atoms with Crippen LogP contribution in [0.15, 0.2) is 18.2 Å². The van der Waals surface area contributed by atoms with Gasteiger partial charge in [-0.2, -0.15) is 0 Å². The van der Waals surface area contributed by atoms with Crippen LogP contribution >= 0.6 is 0 Å². The van der Waals surface area contributed by atoms with Crippen molar-refractivity contribution in [3.63, 3.8) is 0 Å². The molecule has 1 aliphatic rings. The van der Waals surface area contributed by atoms with E-state index in [4.69, 9.17) is 14.6 Å². The summed E-state index contributed by atoms with van der Waals surface area (Å²) in [4.78, 5) is 0. The maximum Gasteiger partial charge on any atom is 0.161 e. The van der Waals surface area contributed by atoms with Crippen LogP contribution in [0.3, 0.4) is 0 Å². The van der Waals surface area contributed by atoms with E-state index in [-0.39, 0.29) is 12.1 Å². The number of hydrogen-bond donors (Lipinski definition) is 2. The van der Waals surface area contributed by atoms with E-state index in [1.807, 2.05) is 26.0 Å². The molecule has 1 aliphatic heterocycles. The zero-order chi connectivity index (χ0) is 13.0. The van der Waals surface area contributed by atoms with Crippen molar-refractivity contribution < 1.29 is 14.6 Å². The molecule has 1 aromatic rings. The van der Waals surface area contributed by atoms with Gasteiger partial charge < -0.3 is 19.9 Å². The van der Waals surface area contributed by atoms with Crippen LogP contribution in [-0.4, -0.2) is 37.0 Å². The summed E-state index contributed by atoms with van der Waals surface area (Å²) in [5, 5.41) is 12.5. The minimum Gasteiger partial charge on any atom is -0.486 e. The average molecular weight is 251 g/mol. The number of fused-ring (bicyclic) bond motifs is 1. The quantitative estimate of drug-likeness (QED) is 0.829. The van der Waals surface area contributed by atoms with E-state index in [1.54, 1.807) is 0 Å². The third-order valence-corrected chi connectivity index (χ3v) is 3.02. The SMILES string of the molecule is CC(C)(CO)NCCc1ccc2c(c1)OCCO2. The number of benzene rings is 1. The van der Waals surface area contributed by atoms with Crippen LogP contribution in [0.5, 0.6) is 11.5 Å². The lowest BCUT2D eigenvalue weighted by Gasteiger charge is -2.24. The minimum absolute atomic E-state index is 0.133. The molecular weight excluding hydrogens is 230 g/mol. The first-order valence-electron chi connectivity index (χ1n) is 6.35. The van der Waals surface area contributed by atoms with Crippen molar-refractivity contribution in [1.29, 1.82) is 0 Å². The van der Waals surface area contributed by atoms with Gasteiger partial charge in [-0.05, 0) is 44.5 Å². The highest BCUT2D eigenvalue weighted by molar-refractivity contribution is 5.43. The summed E-state index contributed by atoms with van der Waals surface area (Å²) in [6, 6.07) is 6.05. The maximum atomic E-state index is 9.15. The van der Waals surface area contributed by atoms with Crippen LogP contribution in [-0.2, 0) is 6.42 Å². The van der Waals surface area contributed by atoms with E-state index >= 15 is 0 Å². The van der Waals surface area contributed by atoms with Gasteiger partial charge in [0, 0.05) is 5.54 Å². The number of hydrogen-bond acceptors (Lipinski definition) is 4. The Kier molecular flexibility index (Phi) is 4.09. The second kappa shape index (κ2) is 5.59. The second-order valence-electron chi connectivity index (χ2n) is 5.20. The molecule has 0 spiro atoms. The molecule has 0 fully saturated rings. The molecule has 0 unspecified atom stereocenters. The fourth-order valence-electron chi connectivity index (χ4n) is 1.84. The summed E-state index contributed by atoms with van der Waals surface area (Å²) >= 11 is 0. The van der Waals surface area contributed by atoms with Gasteiger partial charge in [-0.25, -0.2) is 0 Å². The molecule has 0 amide bonds. The Morgan fingerprint density at radius 3 is 2.67 bits per heavy atom. The average Bonchev–Trinajstić information content (AvgIpc) is 2.38. The van der Waals surface area contributed by atoms with E-state index < -0.39 is 0 Å². The van der Waals surface area contributed by atoms with Crippen LogP contribution < -0.4 is 14.8 Å². The van der Waals surface area contributed by atoms with Crippen LogP contribution in [0.2, 0.25) is 0 Å². The third kappa shape index (κ3) is 3.37. The van der Waals surface area contributed by atoms with Crippen molar-refractivity contribution in [2.24, 2.45) is 0 Å². The third-order valence-electron chi connectivity index (χ3n) is 3.02. The molecule has 0 aromatic heterocycles. The van der Waals surface area contributed by atoms with Crippen LogP contribution in [0, 0.1) is 0 Å². The highest BCUT2D eigenvalue weighted by Gasteiger charge is 2.15. The van der Waals surface area contributed by atoms with Crippen molar-refractivity contribution in [2.75, 3.05) is 26.4 Å². The molecule has 1 aromatic carbocycles. The Labute approximate surface area is 108 Å². The number of rotatable bonds is 5. The number of ether oxygens (including phenoxy) is 2. The lowest BCUT2D eigenvalue weighted by Crippen LogP contribution is -2.43. The van der Waals surface area contributed by atoms with Gasteiger partial charge in [0.1, 0.15) is 13.2 Å². The monoisotopic (exact) mass is 251 g/mol. The Bertz CT molecular complexity index is 404. The lowest BCUT2D eigenvalue weighted by molar-refractivity contribution is 0.171. The molecule has 0 aliphatic carbocycles. The molecule has 0 radical (unpaired) electrons. The Morgan fingerprint density at radius 1 is 1.22 bits per heavy atom. The van der Waals surface area contributed by atoms with Gasteiger partial charge in [0.15, 0.2) is 11.5 Å². The van der Waals surface area contributed by atoms with Crippen molar-refractivity contribution >= 4 is 0 Å². The molecule has 4 heteroatoms. The van der Waals surface area contributed by atoms with Crippen molar-refractivity contribution in [3.05, 3.63) is 23.8 Å². The summed E-state index contributed by atoms with van der Waals surface area (Å²) in [5.41, 5.74) is 0.980. The van der Waals surface area contributed by atoms with Crippen LogP contribution in [0.4, 0.5) is 0 Å². The molecule has 2 N–H and O–H groups in total. The molecule has 2 rings (SSSR count). The summed E-state index contributed by atoms with van der Waals surface area (Å²) < 4.78 is 11.0. The van der Waals surface area contributed by atoms with Gasteiger partial charge in [0.25, 0.3) is 0 Å². The summed E-state index contributed by atoms with van der Waals surface area (Å²) in [6.07, 6.45) is 0.903. The largest absolute Gasteiger partial charge is 0.486 e. The first-order valence-corrected chi connectivity index (χ1v) is 6.35. The Balaban J connectivity index is 1.90. The van der Waals surface area contributed by atoms with Crippen molar-refractivity contribution in [2.45, 2.75) is 25.8 Å². The molecule has 0 saturated carbocycles. The molecule has 4 nitrogen and oxygen atoms in total. The van der Waals surface area contributed by atoms with Crippen LogP contribution in [0.1, 0.15) is 19.4 Å². The smallest absolute Gasteiger partial charge is 0.161 e. The van der Waals surface area contributed by atoms with Gasteiger partial charge in [0.2, 0.25) is 0 Å². The number of aliphatic hydroxyl groups excluding tert-OH is 1. The standard InChI is InChI=1S/C14H21NO3/c1-14(2,10-16)15-6-5-11-3-4-12-13(9-11)18-8-7-17-12/h3-4,9,15-16H,5-8,10H2,1-2H3. The van der Waals surface area contributed by atoms with Gasteiger partial charge in [-0.1, -0.05) is 6.07 Å². The van der Waals surface area contributed by atoms with Crippen molar-refractivity contribution in [1.82, 2.24) is 5.32 Å². The van der Waals surface area contributed by atoms with Gasteiger partial charge in [0.05, 0.1) is 6.61 Å². The molecule has 0 atom stereocenters. The molecule has 0 saturated heterocycles. The fraction of sp³-hybridized carbons (Fsp3) is 0.571. The Morgan fingerprint density at radius 2 is 1.94 bits per heavy atom. The molecule has 0 bridgehead atoms. The topological polar surface area (TPSA) is 50.7 Å². The number of aliphatic hydroxyl groups is 1. The van der Waals surface area contributed by atoms with Gasteiger partial charge in [-0.3, -0.25) is 0 Å². The summed E-state index contributed by atoms with van der Waals surface area (Å²) in [7, 11) is 0. The highest BCUT2D eigenvalue weighted by atomic mass is 16.6. The summed E-state index contributed by atoms with van der Waals surface area (Å²) in [6.45, 7) is 6.17. The summed E-state index contributed by atoms with van der Waals surface area (Å²) in [5.74, 6) is 1.66. The zero-order valence-electron chi connectivity index (χ0n) is 11.0.